The smallest absolute Gasteiger partial charge is 0.314 e. The van der Waals surface area contributed by atoms with Crippen LogP contribution in [0.25, 0.3) is 22.2 Å². The number of aromatic nitrogens is 3. The lowest BCUT2D eigenvalue weighted by Gasteiger charge is -2.29. The third-order valence-electron chi connectivity index (χ3n) is 8.32. The SMILES string of the molecule is Cc1cc(C(CCOCCOc2ccc(-c3cnc4[nH]cc(C(=O)c5c(F)ccc(N(N6CC[C@@H](F)C6)S(=O)O)c5F)c4c3)cc2)C(=O)O)on1. The van der Waals surface area contributed by atoms with Gasteiger partial charge in [0, 0.05) is 48.1 Å². The second-order valence-corrected chi connectivity index (χ2v) is 12.6. The number of nitrogens with zero attached hydrogens (tertiary/aromatic N) is 4. The Labute approximate surface area is 291 Å². The number of carboxylic acids is 1. The zero-order valence-electron chi connectivity index (χ0n) is 27.1. The van der Waals surface area contributed by atoms with E-state index < -0.39 is 58.0 Å². The second kappa shape index (κ2) is 15.4. The normalized spacial score (nSPS) is 16.0. The van der Waals surface area contributed by atoms with Gasteiger partial charge in [-0.3, -0.25) is 14.1 Å². The zero-order valence-corrected chi connectivity index (χ0v) is 27.9. The van der Waals surface area contributed by atoms with Crippen molar-refractivity contribution in [3.8, 4) is 16.9 Å². The number of H-pyrrole nitrogens is 1. The van der Waals surface area contributed by atoms with E-state index in [1.54, 1.807) is 49.5 Å². The highest BCUT2D eigenvalue weighted by Crippen LogP contribution is 2.33. The molecule has 0 bridgehead atoms. The van der Waals surface area contributed by atoms with E-state index in [4.69, 9.17) is 14.0 Å². The number of halogens is 3. The summed E-state index contributed by atoms with van der Waals surface area (Å²) >= 11 is -2.83. The number of fused-ring (bicyclic) bond motifs is 1. The molecule has 2 aromatic carbocycles. The molecule has 0 amide bonds. The highest BCUT2D eigenvalue weighted by molar-refractivity contribution is 7.80. The van der Waals surface area contributed by atoms with Gasteiger partial charge in [-0.05, 0) is 55.7 Å². The quantitative estimate of drug-likeness (QED) is 0.0698. The molecule has 3 atom stereocenters. The maximum absolute atomic E-state index is 15.9. The molecule has 268 valence electrons. The number of nitrogens with one attached hydrogen (secondary N) is 1. The van der Waals surface area contributed by atoms with Crippen molar-refractivity contribution in [2.75, 3.05) is 37.3 Å². The van der Waals surface area contributed by atoms with Crippen molar-refractivity contribution >= 4 is 39.7 Å². The Hall–Kier alpha value is -5.10. The Morgan fingerprint density at radius 3 is 2.59 bits per heavy atom. The number of hydrogen-bond donors (Lipinski definition) is 3. The number of benzene rings is 2. The van der Waals surface area contributed by atoms with Crippen molar-refractivity contribution in [2.45, 2.75) is 31.9 Å². The van der Waals surface area contributed by atoms with Gasteiger partial charge in [0.1, 0.15) is 41.6 Å². The van der Waals surface area contributed by atoms with Gasteiger partial charge in [-0.1, -0.05) is 17.3 Å². The predicted molar refractivity (Wildman–Crippen MR) is 178 cm³/mol. The number of aromatic amines is 1. The van der Waals surface area contributed by atoms with Gasteiger partial charge in [-0.2, -0.15) is 4.41 Å². The first kappa shape index (κ1) is 35.7. The van der Waals surface area contributed by atoms with Crippen molar-refractivity contribution in [1.82, 2.24) is 20.1 Å². The summed E-state index contributed by atoms with van der Waals surface area (Å²) in [6, 6.07) is 11.9. The number of alkyl halides is 1. The minimum Gasteiger partial charge on any atom is -0.491 e. The molecule has 0 spiro atoms. The molecule has 3 aromatic heterocycles. The van der Waals surface area contributed by atoms with E-state index in [1.807, 2.05) is 0 Å². The van der Waals surface area contributed by atoms with Crippen molar-refractivity contribution < 1.29 is 50.6 Å². The van der Waals surface area contributed by atoms with Crippen molar-refractivity contribution in [2.24, 2.45) is 0 Å². The minimum atomic E-state index is -2.83. The van der Waals surface area contributed by atoms with Crippen LogP contribution in [-0.2, 0) is 20.8 Å². The maximum atomic E-state index is 15.9. The number of ether oxygens (including phenoxy) is 2. The van der Waals surface area contributed by atoms with Crippen LogP contribution in [0.1, 0.15) is 46.1 Å². The van der Waals surface area contributed by atoms with Crippen LogP contribution in [0.15, 0.2) is 65.4 Å². The molecule has 0 aliphatic carbocycles. The molecule has 13 nitrogen and oxygen atoms in total. The molecule has 2 unspecified atom stereocenters. The third kappa shape index (κ3) is 7.80. The molecule has 51 heavy (non-hydrogen) atoms. The molecular formula is C34H32F3N5O8S. The van der Waals surface area contributed by atoms with E-state index in [1.165, 1.54) is 6.20 Å². The fourth-order valence-corrected chi connectivity index (χ4v) is 6.44. The number of rotatable bonds is 15. The summed E-state index contributed by atoms with van der Waals surface area (Å²) in [4.78, 5) is 32.4. The highest BCUT2D eigenvalue weighted by Gasteiger charge is 2.34. The van der Waals surface area contributed by atoms with Crippen LogP contribution < -0.4 is 9.15 Å². The van der Waals surface area contributed by atoms with Crippen LogP contribution in [0.4, 0.5) is 18.9 Å². The van der Waals surface area contributed by atoms with Crippen LogP contribution in [0.3, 0.4) is 0 Å². The molecule has 17 heteroatoms. The average molecular weight is 728 g/mol. The van der Waals surface area contributed by atoms with Gasteiger partial charge in [0.05, 0.1) is 24.4 Å². The molecule has 1 aliphatic heterocycles. The fraction of sp³-hybridized carbons (Fsp3) is 0.294. The maximum Gasteiger partial charge on any atom is 0.314 e. The molecule has 1 saturated heterocycles. The summed E-state index contributed by atoms with van der Waals surface area (Å²) in [5, 5.41) is 14.6. The topological polar surface area (TPSA) is 171 Å². The minimum absolute atomic E-state index is 0.0222. The predicted octanol–water partition coefficient (Wildman–Crippen LogP) is 5.59. The number of hydrazine groups is 1. The van der Waals surface area contributed by atoms with Crippen LogP contribution in [0.5, 0.6) is 5.75 Å². The average Bonchev–Trinajstić information content (AvgIpc) is 3.85. The van der Waals surface area contributed by atoms with Crippen molar-refractivity contribution in [3.63, 3.8) is 0 Å². The standard InChI is InChI=1S/C34H32F3N5O8S/c1-19-14-29(50-40-19)24(34(44)45)9-11-48-12-13-49-23-4-2-20(3-5-23)21-15-25-26(17-39-33(25)38-16-21)32(43)30-27(36)6-7-28(31(30)37)42(51(46)47)41-10-8-22(35)18-41/h2-7,14-17,22,24H,8-13,18H2,1H3,(H,38,39)(H,44,45)(H,46,47)/t22-,24?/m1/s1. The lowest BCUT2D eigenvalue weighted by molar-refractivity contribution is -0.139. The summed E-state index contributed by atoms with van der Waals surface area (Å²) in [6.45, 7) is 2.05. The first-order chi connectivity index (χ1) is 24.5. The molecular weight excluding hydrogens is 695 g/mol. The number of pyridine rings is 1. The fourth-order valence-electron chi connectivity index (χ4n) is 5.78. The molecule has 3 N–H and O–H groups in total. The number of hydrogen-bond acceptors (Lipinski definition) is 9. The summed E-state index contributed by atoms with van der Waals surface area (Å²) in [5.41, 5.74) is 0.596. The molecule has 0 saturated carbocycles. The summed E-state index contributed by atoms with van der Waals surface area (Å²) in [5.74, 6) is -4.67. The highest BCUT2D eigenvalue weighted by atomic mass is 32.2. The lowest BCUT2D eigenvalue weighted by atomic mass is 9.99. The Kier molecular flexibility index (Phi) is 10.8. The number of carboxylic acid groups (broad SMARTS) is 1. The van der Waals surface area contributed by atoms with Gasteiger partial charge >= 0.3 is 5.97 Å². The summed E-state index contributed by atoms with van der Waals surface area (Å²) < 4.78 is 83.8. The number of ketones is 1. The number of carbonyl (C=O) groups excluding carboxylic acids is 1. The Bertz CT molecular complexity index is 2070. The van der Waals surface area contributed by atoms with Gasteiger partial charge in [0.15, 0.2) is 11.6 Å². The lowest BCUT2D eigenvalue weighted by Crippen LogP contribution is -2.43. The van der Waals surface area contributed by atoms with Crippen LogP contribution >= 0.6 is 0 Å². The second-order valence-electron chi connectivity index (χ2n) is 11.7. The third-order valence-corrected chi connectivity index (χ3v) is 9.04. The van der Waals surface area contributed by atoms with E-state index in [0.29, 0.717) is 27.0 Å². The Morgan fingerprint density at radius 2 is 1.92 bits per heavy atom. The molecule has 4 heterocycles. The Morgan fingerprint density at radius 1 is 1.14 bits per heavy atom. The molecule has 0 radical (unpaired) electrons. The van der Waals surface area contributed by atoms with E-state index in [0.717, 1.165) is 17.1 Å². The van der Waals surface area contributed by atoms with Crippen LogP contribution in [0.2, 0.25) is 0 Å². The Balaban J connectivity index is 1.12. The van der Waals surface area contributed by atoms with E-state index >= 15 is 8.78 Å². The van der Waals surface area contributed by atoms with Crippen molar-refractivity contribution in [3.05, 3.63) is 95.1 Å². The first-order valence-corrected chi connectivity index (χ1v) is 16.8. The molecule has 1 aliphatic rings. The van der Waals surface area contributed by atoms with Crippen LogP contribution in [-0.4, -0.2) is 84.8 Å². The number of anilines is 1. The van der Waals surface area contributed by atoms with E-state index in [-0.39, 0.29) is 68.1 Å². The number of aliphatic carboxylic acids is 1. The number of carbonyl (C=O) groups is 2. The van der Waals surface area contributed by atoms with Crippen LogP contribution in [0, 0.1) is 18.6 Å². The molecule has 6 rings (SSSR count). The zero-order chi connectivity index (χ0) is 36.2. The summed E-state index contributed by atoms with van der Waals surface area (Å²) in [7, 11) is 0. The number of aryl methyl sites for hydroxylation is 1. The van der Waals surface area contributed by atoms with E-state index in [9.17, 15) is 27.8 Å². The van der Waals surface area contributed by atoms with Gasteiger partial charge in [-0.25, -0.2) is 27.4 Å². The first-order valence-electron chi connectivity index (χ1n) is 15.8. The van der Waals surface area contributed by atoms with E-state index in [2.05, 4.69) is 15.1 Å². The van der Waals surface area contributed by atoms with Gasteiger partial charge in [-0.15, -0.1) is 0 Å². The molecule has 1 fully saturated rings. The molecule has 5 aromatic rings. The monoisotopic (exact) mass is 727 g/mol. The van der Waals surface area contributed by atoms with Gasteiger partial charge < -0.3 is 24.1 Å². The van der Waals surface area contributed by atoms with Gasteiger partial charge in [0.2, 0.25) is 5.78 Å². The largest absolute Gasteiger partial charge is 0.491 e. The summed E-state index contributed by atoms with van der Waals surface area (Å²) in [6.07, 6.45) is 1.80. The van der Waals surface area contributed by atoms with Crippen molar-refractivity contribution in [1.29, 1.82) is 0 Å². The van der Waals surface area contributed by atoms with Gasteiger partial charge in [0.25, 0.3) is 11.3 Å².